The van der Waals surface area contributed by atoms with Gasteiger partial charge < -0.3 is 15.1 Å². The van der Waals surface area contributed by atoms with Crippen molar-refractivity contribution >= 4 is 46.0 Å². The van der Waals surface area contributed by atoms with E-state index in [4.69, 9.17) is 12.2 Å². The molecule has 1 amide bonds. The van der Waals surface area contributed by atoms with Crippen molar-refractivity contribution in [3.05, 3.63) is 58.1 Å². The van der Waals surface area contributed by atoms with E-state index >= 15 is 0 Å². The molecule has 0 bridgehead atoms. The van der Waals surface area contributed by atoms with E-state index < -0.39 is 10.8 Å². The van der Waals surface area contributed by atoms with Crippen molar-refractivity contribution in [1.29, 1.82) is 0 Å². The molecule has 0 unspecified atom stereocenters. The molecule has 0 spiro atoms. The molecule has 2 heterocycles. The number of benzene rings is 2. The SMILES string of the molecule is CC1CCN(c2ccccc2NC(=S)NC(=O)c2ccc(N3CCCC3)c([N+](=O)[O-])c2)CC1. The number of nitrogens with zero attached hydrogens (tertiary/aromatic N) is 3. The highest BCUT2D eigenvalue weighted by atomic mass is 32.1. The zero-order valence-electron chi connectivity index (χ0n) is 18.8. The molecule has 2 N–H and O–H groups in total. The zero-order valence-corrected chi connectivity index (χ0v) is 19.6. The summed E-state index contributed by atoms with van der Waals surface area (Å²) in [6, 6.07) is 12.5. The summed E-state index contributed by atoms with van der Waals surface area (Å²) in [6.45, 7) is 5.80. The Hall–Kier alpha value is -3.20. The van der Waals surface area contributed by atoms with Gasteiger partial charge in [-0.1, -0.05) is 19.1 Å². The van der Waals surface area contributed by atoms with Crippen LogP contribution in [0, 0.1) is 16.0 Å². The first-order valence-electron chi connectivity index (χ1n) is 11.4. The molecular weight excluding hydrogens is 438 g/mol. The van der Waals surface area contributed by atoms with E-state index in [1.54, 1.807) is 12.1 Å². The molecule has 33 heavy (non-hydrogen) atoms. The Balaban J connectivity index is 1.45. The Morgan fingerprint density at radius 3 is 2.39 bits per heavy atom. The topological polar surface area (TPSA) is 90.8 Å². The molecule has 4 rings (SSSR count). The fraction of sp³-hybridized carbons (Fsp3) is 0.417. The van der Waals surface area contributed by atoms with Gasteiger partial charge in [-0.3, -0.25) is 20.2 Å². The third-order valence-electron chi connectivity index (χ3n) is 6.38. The first-order valence-corrected chi connectivity index (χ1v) is 11.8. The molecule has 0 radical (unpaired) electrons. The molecule has 0 atom stereocenters. The summed E-state index contributed by atoms with van der Waals surface area (Å²) in [5.74, 6) is 0.246. The third-order valence-corrected chi connectivity index (χ3v) is 6.59. The molecule has 2 fully saturated rings. The highest BCUT2D eigenvalue weighted by Gasteiger charge is 2.24. The van der Waals surface area contributed by atoms with Crippen molar-refractivity contribution in [3.63, 3.8) is 0 Å². The second kappa shape index (κ2) is 10.2. The maximum Gasteiger partial charge on any atom is 0.293 e. The maximum atomic E-state index is 12.8. The predicted molar refractivity (Wildman–Crippen MR) is 135 cm³/mol. The highest BCUT2D eigenvalue weighted by Crippen LogP contribution is 2.32. The normalized spacial score (nSPS) is 16.5. The minimum Gasteiger partial charge on any atom is -0.370 e. The largest absolute Gasteiger partial charge is 0.370 e. The number of carbonyl (C=O) groups is 1. The lowest BCUT2D eigenvalue weighted by atomic mass is 9.98. The molecule has 2 aliphatic heterocycles. The van der Waals surface area contributed by atoms with Crippen molar-refractivity contribution in [2.75, 3.05) is 41.3 Å². The Labute approximate surface area is 199 Å². The number of carbonyl (C=O) groups excluding carboxylic acids is 1. The smallest absolute Gasteiger partial charge is 0.293 e. The molecule has 8 nitrogen and oxygen atoms in total. The lowest BCUT2D eigenvalue weighted by Crippen LogP contribution is -2.36. The number of para-hydroxylation sites is 2. The van der Waals surface area contributed by atoms with Crippen molar-refractivity contribution in [3.8, 4) is 0 Å². The van der Waals surface area contributed by atoms with Crippen LogP contribution < -0.4 is 20.4 Å². The number of thiocarbonyl (C=S) groups is 1. The monoisotopic (exact) mass is 467 g/mol. The van der Waals surface area contributed by atoms with Crippen molar-refractivity contribution in [2.45, 2.75) is 32.6 Å². The summed E-state index contributed by atoms with van der Waals surface area (Å²) >= 11 is 5.39. The van der Waals surface area contributed by atoms with Gasteiger partial charge in [-0.15, -0.1) is 0 Å². The quantitative estimate of drug-likeness (QED) is 0.378. The fourth-order valence-electron chi connectivity index (χ4n) is 4.47. The van der Waals surface area contributed by atoms with Crippen LogP contribution >= 0.6 is 12.2 Å². The number of rotatable bonds is 5. The number of amides is 1. The second-order valence-electron chi connectivity index (χ2n) is 8.75. The average Bonchev–Trinajstić information content (AvgIpc) is 3.34. The molecule has 0 saturated carbocycles. The number of hydrogen-bond acceptors (Lipinski definition) is 6. The van der Waals surface area contributed by atoms with Gasteiger partial charge in [0, 0.05) is 37.8 Å². The van der Waals surface area contributed by atoms with Crippen LogP contribution in [0.2, 0.25) is 0 Å². The summed E-state index contributed by atoms with van der Waals surface area (Å²) in [7, 11) is 0. The number of piperidine rings is 1. The molecule has 2 aliphatic rings. The lowest BCUT2D eigenvalue weighted by molar-refractivity contribution is -0.384. The molecule has 2 saturated heterocycles. The molecule has 174 valence electrons. The van der Waals surface area contributed by atoms with Gasteiger partial charge in [-0.05, 0) is 68.1 Å². The maximum absolute atomic E-state index is 12.8. The lowest BCUT2D eigenvalue weighted by Gasteiger charge is -2.33. The molecule has 9 heteroatoms. The average molecular weight is 468 g/mol. The van der Waals surface area contributed by atoms with Crippen molar-refractivity contribution in [2.24, 2.45) is 5.92 Å². The van der Waals surface area contributed by atoms with Crippen molar-refractivity contribution < 1.29 is 9.72 Å². The third kappa shape index (κ3) is 5.42. The van der Waals surface area contributed by atoms with Crippen molar-refractivity contribution in [1.82, 2.24) is 5.32 Å². The fourth-order valence-corrected chi connectivity index (χ4v) is 4.67. The van der Waals surface area contributed by atoms with Gasteiger partial charge in [0.15, 0.2) is 5.11 Å². The number of anilines is 3. The summed E-state index contributed by atoms with van der Waals surface area (Å²) in [6.07, 6.45) is 4.30. The van der Waals surface area contributed by atoms with E-state index in [-0.39, 0.29) is 16.4 Å². The van der Waals surface area contributed by atoms with Crippen LogP contribution in [0.25, 0.3) is 0 Å². The Bertz CT molecular complexity index is 1050. The van der Waals surface area contributed by atoms with E-state index in [2.05, 4.69) is 22.5 Å². The Morgan fingerprint density at radius 2 is 1.70 bits per heavy atom. The summed E-state index contributed by atoms with van der Waals surface area (Å²) in [5, 5.41) is 17.6. The molecule has 0 aliphatic carbocycles. The van der Waals surface area contributed by atoms with Crippen LogP contribution in [0.5, 0.6) is 0 Å². The van der Waals surface area contributed by atoms with E-state index in [9.17, 15) is 14.9 Å². The Morgan fingerprint density at radius 1 is 1.03 bits per heavy atom. The molecule has 2 aromatic carbocycles. The molecular formula is C24H29N5O3S. The predicted octanol–water partition coefficient (Wildman–Crippen LogP) is 4.56. The summed E-state index contributed by atoms with van der Waals surface area (Å²) in [5.41, 5.74) is 2.57. The van der Waals surface area contributed by atoms with Crippen LogP contribution in [0.4, 0.5) is 22.7 Å². The minimum atomic E-state index is -0.479. The van der Waals surface area contributed by atoms with Gasteiger partial charge in [0.2, 0.25) is 0 Å². The van der Waals surface area contributed by atoms with E-state index in [1.165, 1.54) is 6.07 Å². The van der Waals surface area contributed by atoms with Crippen LogP contribution in [-0.4, -0.2) is 42.1 Å². The first-order chi connectivity index (χ1) is 15.9. The van der Waals surface area contributed by atoms with Gasteiger partial charge in [0.25, 0.3) is 11.6 Å². The molecule has 0 aromatic heterocycles. The summed E-state index contributed by atoms with van der Waals surface area (Å²) < 4.78 is 0. The number of nitro benzene ring substituents is 1. The zero-order chi connectivity index (χ0) is 23.4. The van der Waals surface area contributed by atoms with Crippen LogP contribution in [-0.2, 0) is 0 Å². The highest BCUT2D eigenvalue weighted by molar-refractivity contribution is 7.80. The van der Waals surface area contributed by atoms with Gasteiger partial charge in [-0.2, -0.15) is 0 Å². The first kappa shape index (κ1) is 23.0. The van der Waals surface area contributed by atoms with Crippen LogP contribution in [0.15, 0.2) is 42.5 Å². The van der Waals surface area contributed by atoms with E-state index in [1.807, 2.05) is 29.2 Å². The summed E-state index contributed by atoms with van der Waals surface area (Å²) in [4.78, 5) is 28.3. The van der Waals surface area contributed by atoms with Gasteiger partial charge in [-0.25, -0.2) is 0 Å². The van der Waals surface area contributed by atoms with Gasteiger partial charge in [0.05, 0.1) is 16.3 Å². The Kier molecular flexibility index (Phi) is 7.08. The number of nitro groups is 1. The van der Waals surface area contributed by atoms with E-state index in [0.29, 0.717) is 5.69 Å². The van der Waals surface area contributed by atoms with Crippen LogP contribution in [0.1, 0.15) is 43.0 Å². The minimum absolute atomic E-state index is 0.0619. The second-order valence-corrected chi connectivity index (χ2v) is 9.16. The molecule has 2 aromatic rings. The van der Waals surface area contributed by atoms with E-state index in [0.717, 1.165) is 69.2 Å². The number of nitrogens with one attached hydrogen (secondary N) is 2. The number of hydrogen-bond donors (Lipinski definition) is 2. The van der Waals surface area contributed by atoms with Crippen LogP contribution in [0.3, 0.4) is 0 Å². The standard InChI is InChI=1S/C24H29N5O3S/c1-17-10-14-28(15-11-17)20-7-3-2-6-19(20)25-24(33)26-23(30)18-8-9-21(22(16-18)29(31)32)27-12-4-5-13-27/h2-3,6-9,16-17H,4-5,10-15H2,1H3,(H2,25,26,30,33). The van der Waals surface area contributed by atoms with Gasteiger partial charge >= 0.3 is 0 Å². The van der Waals surface area contributed by atoms with Gasteiger partial charge in [0.1, 0.15) is 5.69 Å².